The first kappa shape index (κ1) is 10.0. The standard InChI is InChI=1S/C11H10Cl2O/c12-10-8(11(10)13)6-9(14)7-4-2-1-3-5-7/h1-5,8,10-11H,6H2. The van der Waals surface area contributed by atoms with E-state index in [2.05, 4.69) is 0 Å². The molecule has 0 N–H and O–H groups in total. The van der Waals surface area contributed by atoms with Crippen LogP contribution in [0.5, 0.6) is 0 Å². The van der Waals surface area contributed by atoms with E-state index in [1.54, 1.807) is 0 Å². The largest absolute Gasteiger partial charge is 0.294 e. The highest BCUT2D eigenvalue weighted by atomic mass is 35.5. The Morgan fingerprint density at radius 3 is 2.21 bits per heavy atom. The second-order valence-corrected chi connectivity index (χ2v) is 4.55. The number of ketones is 1. The van der Waals surface area contributed by atoms with Crippen LogP contribution in [0.4, 0.5) is 0 Å². The van der Waals surface area contributed by atoms with Crippen molar-refractivity contribution in [1.82, 2.24) is 0 Å². The zero-order valence-corrected chi connectivity index (χ0v) is 9.00. The van der Waals surface area contributed by atoms with Crippen LogP contribution in [0.25, 0.3) is 0 Å². The van der Waals surface area contributed by atoms with Gasteiger partial charge in [0.1, 0.15) is 0 Å². The molecule has 0 bridgehead atoms. The minimum atomic E-state index is -0.0238. The molecule has 1 saturated carbocycles. The number of carbonyl (C=O) groups excluding carboxylic acids is 1. The molecule has 0 saturated heterocycles. The molecule has 0 aliphatic heterocycles. The second kappa shape index (κ2) is 3.92. The zero-order chi connectivity index (χ0) is 10.1. The van der Waals surface area contributed by atoms with Gasteiger partial charge in [-0.15, -0.1) is 23.2 Å². The summed E-state index contributed by atoms with van der Waals surface area (Å²) < 4.78 is 0. The number of hydrogen-bond donors (Lipinski definition) is 0. The van der Waals surface area contributed by atoms with Crippen molar-refractivity contribution < 1.29 is 4.79 Å². The SMILES string of the molecule is O=C(CC1C(Cl)C1Cl)c1ccccc1. The molecule has 2 atom stereocenters. The van der Waals surface area contributed by atoms with E-state index < -0.39 is 0 Å². The first-order valence-electron chi connectivity index (χ1n) is 4.56. The van der Waals surface area contributed by atoms with Crippen LogP contribution in [0.2, 0.25) is 0 Å². The van der Waals surface area contributed by atoms with E-state index in [9.17, 15) is 4.79 Å². The van der Waals surface area contributed by atoms with Crippen molar-refractivity contribution in [1.29, 1.82) is 0 Å². The van der Waals surface area contributed by atoms with Crippen molar-refractivity contribution in [2.24, 2.45) is 5.92 Å². The molecular weight excluding hydrogens is 219 g/mol. The summed E-state index contributed by atoms with van der Waals surface area (Å²) in [6.45, 7) is 0. The number of Topliss-reactive ketones (excluding diaryl/α,β-unsaturated/α-hetero) is 1. The fourth-order valence-corrected chi connectivity index (χ4v) is 2.25. The lowest BCUT2D eigenvalue weighted by atomic mass is 10.1. The van der Waals surface area contributed by atoms with Crippen LogP contribution in [-0.4, -0.2) is 16.5 Å². The minimum absolute atomic E-state index is 0.0238. The number of halogens is 2. The summed E-state index contributed by atoms with van der Waals surface area (Å²) in [6, 6.07) is 9.24. The summed E-state index contributed by atoms with van der Waals surface area (Å²) in [4.78, 5) is 11.7. The van der Waals surface area contributed by atoms with Gasteiger partial charge in [-0.2, -0.15) is 0 Å². The summed E-state index contributed by atoms with van der Waals surface area (Å²) in [7, 11) is 0. The average molecular weight is 229 g/mol. The Hall–Kier alpha value is -0.530. The topological polar surface area (TPSA) is 17.1 Å². The maximum absolute atomic E-state index is 11.7. The maximum Gasteiger partial charge on any atom is 0.163 e. The van der Waals surface area contributed by atoms with E-state index in [-0.39, 0.29) is 22.5 Å². The van der Waals surface area contributed by atoms with Crippen LogP contribution in [0.3, 0.4) is 0 Å². The van der Waals surface area contributed by atoms with Gasteiger partial charge in [0, 0.05) is 17.9 Å². The molecular formula is C11H10Cl2O. The number of benzene rings is 1. The van der Waals surface area contributed by atoms with E-state index >= 15 is 0 Å². The molecule has 1 aliphatic carbocycles. The molecule has 1 aliphatic rings. The fraction of sp³-hybridized carbons (Fsp3) is 0.364. The van der Waals surface area contributed by atoms with Gasteiger partial charge in [-0.05, 0) is 0 Å². The Bertz CT molecular complexity index is 328. The van der Waals surface area contributed by atoms with Crippen molar-refractivity contribution in [2.75, 3.05) is 0 Å². The average Bonchev–Trinajstić information content (AvgIpc) is 2.77. The predicted molar refractivity (Wildman–Crippen MR) is 58.2 cm³/mol. The molecule has 0 heterocycles. The molecule has 74 valence electrons. The van der Waals surface area contributed by atoms with Crippen molar-refractivity contribution in [3.63, 3.8) is 0 Å². The maximum atomic E-state index is 11.7. The molecule has 3 heteroatoms. The normalized spacial score (nSPS) is 30.0. The summed E-state index contributed by atoms with van der Waals surface area (Å²) in [5, 5.41) is -0.0475. The first-order chi connectivity index (χ1) is 6.70. The molecule has 2 unspecified atom stereocenters. The van der Waals surface area contributed by atoms with Gasteiger partial charge in [-0.1, -0.05) is 30.3 Å². The van der Waals surface area contributed by atoms with E-state index in [1.807, 2.05) is 30.3 Å². The van der Waals surface area contributed by atoms with Crippen molar-refractivity contribution >= 4 is 29.0 Å². The summed E-state index contributed by atoms with van der Waals surface area (Å²) in [6.07, 6.45) is 0.465. The van der Waals surface area contributed by atoms with Crippen molar-refractivity contribution in [3.05, 3.63) is 35.9 Å². The lowest BCUT2D eigenvalue weighted by Crippen LogP contribution is -2.01. The van der Waals surface area contributed by atoms with Crippen molar-refractivity contribution in [2.45, 2.75) is 17.2 Å². The Morgan fingerprint density at radius 1 is 1.14 bits per heavy atom. The monoisotopic (exact) mass is 228 g/mol. The van der Waals surface area contributed by atoms with Crippen LogP contribution in [0.15, 0.2) is 30.3 Å². The molecule has 14 heavy (non-hydrogen) atoms. The Kier molecular flexibility index (Phi) is 2.80. The third kappa shape index (κ3) is 1.94. The Balaban J connectivity index is 1.98. The lowest BCUT2D eigenvalue weighted by Gasteiger charge is -1.98. The van der Waals surface area contributed by atoms with Gasteiger partial charge < -0.3 is 0 Å². The van der Waals surface area contributed by atoms with Gasteiger partial charge in [0.25, 0.3) is 0 Å². The highest BCUT2D eigenvalue weighted by molar-refractivity contribution is 6.35. The van der Waals surface area contributed by atoms with Crippen LogP contribution in [0, 0.1) is 5.92 Å². The van der Waals surface area contributed by atoms with Gasteiger partial charge in [0.15, 0.2) is 5.78 Å². The third-order valence-electron chi connectivity index (χ3n) is 2.50. The zero-order valence-electron chi connectivity index (χ0n) is 7.49. The van der Waals surface area contributed by atoms with E-state index in [0.29, 0.717) is 6.42 Å². The van der Waals surface area contributed by atoms with Gasteiger partial charge in [-0.3, -0.25) is 4.79 Å². The second-order valence-electron chi connectivity index (χ2n) is 3.55. The van der Waals surface area contributed by atoms with Gasteiger partial charge in [0.05, 0.1) is 10.8 Å². The van der Waals surface area contributed by atoms with Gasteiger partial charge >= 0.3 is 0 Å². The van der Waals surface area contributed by atoms with Crippen molar-refractivity contribution in [3.8, 4) is 0 Å². The van der Waals surface area contributed by atoms with E-state index in [0.717, 1.165) is 5.56 Å². The number of hydrogen-bond acceptors (Lipinski definition) is 1. The van der Waals surface area contributed by atoms with Gasteiger partial charge in [-0.25, -0.2) is 0 Å². The summed E-state index contributed by atoms with van der Waals surface area (Å²) in [5.41, 5.74) is 0.743. The first-order valence-corrected chi connectivity index (χ1v) is 5.44. The lowest BCUT2D eigenvalue weighted by molar-refractivity contribution is 0.0976. The van der Waals surface area contributed by atoms with Crippen LogP contribution in [0.1, 0.15) is 16.8 Å². The summed E-state index contributed by atoms with van der Waals surface area (Å²) in [5.74, 6) is 0.287. The molecule has 1 fully saturated rings. The van der Waals surface area contributed by atoms with E-state index in [4.69, 9.17) is 23.2 Å². The highest BCUT2D eigenvalue weighted by Crippen LogP contribution is 2.44. The molecule has 1 aromatic carbocycles. The third-order valence-corrected chi connectivity index (χ3v) is 3.82. The molecule has 0 radical (unpaired) electrons. The molecule has 0 aromatic heterocycles. The number of rotatable bonds is 3. The molecule has 0 amide bonds. The summed E-state index contributed by atoms with van der Waals surface area (Å²) >= 11 is 11.7. The minimum Gasteiger partial charge on any atom is -0.294 e. The smallest absolute Gasteiger partial charge is 0.163 e. The van der Waals surface area contributed by atoms with Crippen LogP contribution in [-0.2, 0) is 0 Å². The predicted octanol–water partition coefficient (Wildman–Crippen LogP) is 3.10. The molecule has 0 spiro atoms. The number of alkyl halides is 2. The quantitative estimate of drug-likeness (QED) is 0.574. The molecule has 1 nitrogen and oxygen atoms in total. The van der Waals surface area contributed by atoms with E-state index in [1.165, 1.54) is 0 Å². The van der Waals surface area contributed by atoms with Crippen LogP contribution >= 0.6 is 23.2 Å². The Morgan fingerprint density at radius 2 is 1.71 bits per heavy atom. The number of carbonyl (C=O) groups is 1. The van der Waals surface area contributed by atoms with Gasteiger partial charge in [0.2, 0.25) is 0 Å². The highest BCUT2D eigenvalue weighted by Gasteiger charge is 2.48. The molecule has 2 rings (SSSR count). The molecule has 1 aromatic rings. The van der Waals surface area contributed by atoms with Crippen LogP contribution < -0.4 is 0 Å². The Labute approximate surface area is 93.0 Å². The fourth-order valence-electron chi connectivity index (χ4n) is 1.47.